The summed E-state index contributed by atoms with van der Waals surface area (Å²) >= 11 is 1.93. The molecular weight excluding hydrogens is 522 g/mol. The molecular formula is C22H25F3IN3O2. The standard InChI is InChI=1S/C22H25F3IN3O2/c1-21(2,3)9-27-10-22(31)11-29(12-22)20(30)14-5-6-15(23)18(25)19(14)28-17-7-4-13(26)8-16(17)24/h4-8,27-28,31H,9-12H2,1-3H3. The minimum atomic E-state index is -1.27. The van der Waals surface area contributed by atoms with E-state index >= 15 is 0 Å². The lowest BCUT2D eigenvalue weighted by molar-refractivity contribution is -0.0791. The van der Waals surface area contributed by atoms with E-state index in [1.165, 1.54) is 17.0 Å². The number of hydrogen-bond acceptors (Lipinski definition) is 4. The van der Waals surface area contributed by atoms with Crippen molar-refractivity contribution in [3.63, 3.8) is 0 Å². The van der Waals surface area contributed by atoms with Gasteiger partial charge in [-0.1, -0.05) is 20.8 Å². The Morgan fingerprint density at radius 1 is 1.16 bits per heavy atom. The van der Waals surface area contributed by atoms with E-state index in [4.69, 9.17) is 0 Å². The molecule has 1 amide bonds. The van der Waals surface area contributed by atoms with E-state index < -0.39 is 34.6 Å². The summed E-state index contributed by atoms with van der Waals surface area (Å²) in [6, 6.07) is 6.24. The van der Waals surface area contributed by atoms with Gasteiger partial charge in [-0.05, 0) is 58.3 Å². The Morgan fingerprint density at radius 2 is 1.84 bits per heavy atom. The van der Waals surface area contributed by atoms with Gasteiger partial charge in [0.1, 0.15) is 11.4 Å². The van der Waals surface area contributed by atoms with Gasteiger partial charge in [0.15, 0.2) is 11.6 Å². The molecule has 3 rings (SSSR count). The maximum absolute atomic E-state index is 14.5. The highest BCUT2D eigenvalue weighted by Gasteiger charge is 2.44. The Bertz CT molecular complexity index is 989. The first-order chi connectivity index (χ1) is 14.4. The Hall–Kier alpha value is -1.85. The van der Waals surface area contributed by atoms with Crippen molar-refractivity contribution in [1.82, 2.24) is 10.2 Å². The molecule has 0 bridgehead atoms. The first kappa shape index (κ1) is 23.8. The number of rotatable bonds is 6. The SMILES string of the molecule is CC(C)(C)CNCC1(O)CN(C(=O)c2ccc(F)c(F)c2Nc2ccc(I)cc2F)C1. The van der Waals surface area contributed by atoms with Crippen LogP contribution < -0.4 is 10.6 Å². The van der Waals surface area contributed by atoms with Crippen LogP contribution in [0.4, 0.5) is 24.5 Å². The van der Waals surface area contributed by atoms with E-state index in [0.29, 0.717) is 16.7 Å². The fourth-order valence-corrected chi connectivity index (χ4v) is 3.79. The molecule has 9 heteroatoms. The van der Waals surface area contributed by atoms with Crippen LogP contribution in [0, 0.1) is 26.4 Å². The molecule has 1 heterocycles. The smallest absolute Gasteiger partial charge is 0.256 e. The highest BCUT2D eigenvalue weighted by atomic mass is 127. The first-order valence-corrected chi connectivity index (χ1v) is 10.9. The van der Waals surface area contributed by atoms with Gasteiger partial charge in [-0.2, -0.15) is 0 Å². The Labute approximate surface area is 193 Å². The fraction of sp³-hybridized carbons (Fsp3) is 0.409. The summed E-state index contributed by atoms with van der Waals surface area (Å²) in [7, 11) is 0. The molecule has 0 spiro atoms. The van der Waals surface area contributed by atoms with Crippen LogP contribution in [0.5, 0.6) is 0 Å². The summed E-state index contributed by atoms with van der Waals surface area (Å²) in [5.74, 6) is -3.66. The molecule has 3 N–H and O–H groups in total. The van der Waals surface area contributed by atoms with Crippen molar-refractivity contribution in [2.24, 2.45) is 5.41 Å². The van der Waals surface area contributed by atoms with Gasteiger partial charge in [0, 0.05) is 16.7 Å². The lowest BCUT2D eigenvalue weighted by atomic mass is 9.91. The number of carbonyl (C=O) groups excluding carboxylic acids is 1. The number of β-amino-alcohol motifs (C(OH)–C–C–N with tert-alkyl or cyclic N) is 1. The highest BCUT2D eigenvalue weighted by Crippen LogP contribution is 2.31. The summed E-state index contributed by atoms with van der Waals surface area (Å²) in [5.41, 5.74) is -1.69. The molecule has 31 heavy (non-hydrogen) atoms. The second-order valence-corrected chi connectivity index (χ2v) is 10.3. The predicted octanol–water partition coefficient (Wildman–Crippen LogP) is 4.27. The van der Waals surface area contributed by atoms with Crippen molar-refractivity contribution in [2.45, 2.75) is 26.4 Å². The number of halogens is 4. The van der Waals surface area contributed by atoms with Crippen LogP contribution in [-0.4, -0.2) is 47.7 Å². The summed E-state index contributed by atoms with van der Waals surface area (Å²) in [4.78, 5) is 14.3. The lowest BCUT2D eigenvalue weighted by Crippen LogP contribution is -2.67. The summed E-state index contributed by atoms with van der Waals surface area (Å²) < 4.78 is 43.3. The number of benzene rings is 2. The molecule has 168 valence electrons. The maximum atomic E-state index is 14.5. The third-order valence-electron chi connectivity index (χ3n) is 4.88. The molecule has 2 aromatic carbocycles. The van der Waals surface area contributed by atoms with Crippen molar-refractivity contribution in [2.75, 3.05) is 31.5 Å². The van der Waals surface area contributed by atoms with Gasteiger partial charge in [-0.3, -0.25) is 4.79 Å². The van der Waals surface area contributed by atoms with Crippen LogP contribution in [0.2, 0.25) is 0 Å². The summed E-state index contributed by atoms with van der Waals surface area (Å²) in [6.45, 7) is 7.31. The number of likely N-dealkylation sites (tertiary alicyclic amines) is 1. The van der Waals surface area contributed by atoms with E-state index in [-0.39, 0.29) is 29.8 Å². The molecule has 1 fully saturated rings. The zero-order valence-corrected chi connectivity index (χ0v) is 19.7. The number of amides is 1. The van der Waals surface area contributed by atoms with Gasteiger partial charge in [0.2, 0.25) is 0 Å². The predicted molar refractivity (Wildman–Crippen MR) is 122 cm³/mol. The van der Waals surface area contributed by atoms with Gasteiger partial charge in [-0.25, -0.2) is 13.2 Å². The minimum absolute atomic E-state index is 0.0482. The average Bonchev–Trinajstić information content (AvgIpc) is 2.64. The topological polar surface area (TPSA) is 64.6 Å². The number of aliphatic hydroxyl groups is 1. The normalized spacial score (nSPS) is 15.5. The molecule has 0 atom stereocenters. The average molecular weight is 547 g/mol. The second-order valence-electron chi connectivity index (χ2n) is 9.08. The molecule has 0 unspecified atom stereocenters. The van der Waals surface area contributed by atoms with E-state index in [2.05, 4.69) is 31.4 Å². The minimum Gasteiger partial charge on any atom is -0.385 e. The molecule has 0 radical (unpaired) electrons. The molecule has 1 aliphatic heterocycles. The zero-order chi connectivity index (χ0) is 23.0. The number of nitrogens with one attached hydrogen (secondary N) is 2. The Kier molecular flexibility index (Phi) is 6.87. The van der Waals surface area contributed by atoms with Crippen LogP contribution in [0.15, 0.2) is 30.3 Å². The molecule has 2 aromatic rings. The third kappa shape index (κ3) is 5.69. The Balaban J connectivity index is 1.76. The zero-order valence-electron chi connectivity index (χ0n) is 17.5. The molecule has 0 aliphatic carbocycles. The number of hydrogen-bond donors (Lipinski definition) is 3. The number of anilines is 2. The molecule has 0 saturated carbocycles. The van der Waals surface area contributed by atoms with Crippen LogP contribution in [0.1, 0.15) is 31.1 Å². The fourth-order valence-electron chi connectivity index (χ4n) is 3.34. The first-order valence-electron chi connectivity index (χ1n) is 9.81. The Morgan fingerprint density at radius 3 is 2.45 bits per heavy atom. The van der Waals surface area contributed by atoms with Crippen molar-refractivity contribution >= 4 is 39.9 Å². The van der Waals surface area contributed by atoms with Gasteiger partial charge in [-0.15, -0.1) is 0 Å². The lowest BCUT2D eigenvalue weighted by Gasteiger charge is -2.47. The van der Waals surface area contributed by atoms with E-state index in [9.17, 15) is 23.1 Å². The monoisotopic (exact) mass is 547 g/mol. The van der Waals surface area contributed by atoms with Crippen LogP contribution >= 0.6 is 22.6 Å². The van der Waals surface area contributed by atoms with Gasteiger partial charge in [0.05, 0.1) is 30.0 Å². The molecule has 0 aromatic heterocycles. The summed E-state index contributed by atoms with van der Waals surface area (Å²) in [5, 5.41) is 16.3. The number of nitrogens with zero attached hydrogens (tertiary/aromatic N) is 1. The van der Waals surface area contributed by atoms with Crippen molar-refractivity contribution < 1.29 is 23.1 Å². The van der Waals surface area contributed by atoms with E-state index in [1.54, 1.807) is 6.07 Å². The van der Waals surface area contributed by atoms with E-state index in [1.807, 2.05) is 22.6 Å². The second kappa shape index (κ2) is 8.95. The van der Waals surface area contributed by atoms with Crippen molar-refractivity contribution in [3.05, 3.63) is 56.9 Å². The number of carbonyl (C=O) groups is 1. The highest BCUT2D eigenvalue weighted by molar-refractivity contribution is 14.1. The van der Waals surface area contributed by atoms with E-state index in [0.717, 1.165) is 12.1 Å². The van der Waals surface area contributed by atoms with Crippen molar-refractivity contribution in [1.29, 1.82) is 0 Å². The maximum Gasteiger partial charge on any atom is 0.256 e. The van der Waals surface area contributed by atoms with Crippen LogP contribution in [0.3, 0.4) is 0 Å². The van der Waals surface area contributed by atoms with Crippen molar-refractivity contribution in [3.8, 4) is 0 Å². The summed E-state index contributed by atoms with van der Waals surface area (Å²) in [6.07, 6.45) is 0. The van der Waals surface area contributed by atoms with Gasteiger partial charge in [0.25, 0.3) is 5.91 Å². The largest absolute Gasteiger partial charge is 0.385 e. The van der Waals surface area contributed by atoms with Crippen LogP contribution in [0.25, 0.3) is 0 Å². The van der Waals surface area contributed by atoms with Gasteiger partial charge >= 0.3 is 0 Å². The quantitative estimate of drug-likeness (QED) is 0.473. The van der Waals surface area contributed by atoms with Crippen LogP contribution in [-0.2, 0) is 0 Å². The van der Waals surface area contributed by atoms with Gasteiger partial charge < -0.3 is 20.6 Å². The molecule has 5 nitrogen and oxygen atoms in total. The third-order valence-corrected chi connectivity index (χ3v) is 5.55. The molecule has 1 aliphatic rings. The molecule has 1 saturated heterocycles.